The van der Waals surface area contributed by atoms with Gasteiger partial charge in [0.15, 0.2) is 0 Å². The zero-order valence-electron chi connectivity index (χ0n) is 11.7. The molecular formula is C17H18N2O2. The van der Waals surface area contributed by atoms with Crippen molar-refractivity contribution in [3.05, 3.63) is 59.7 Å². The summed E-state index contributed by atoms with van der Waals surface area (Å²) in [6, 6.07) is 15.5. The molecule has 0 radical (unpaired) electrons. The van der Waals surface area contributed by atoms with Crippen molar-refractivity contribution in [3.8, 4) is 11.5 Å². The number of primary amides is 1. The van der Waals surface area contributed by atoms with Gasteiger partial charge in [-0.15, -0.1) is 0 Å². The molecule has 108 valence electrons. The first-order valence-electron chi connectivity index (χ1n) is 7.11. The largest absolute Gasteiger partial charge is 0.457 e. The van der Waals surface area contributed by atoms with Gasteiger partial charge in [0.2, 0.25) is 5.91 Å². The molecule has 1 amide bonds. The number of ether oxygens (including phenoxy) is 1. The Hall–Kier alpha value is -2.33. The second-order valence-corrected chi connectivity index (χ2v) is 5.29. The van der Waals surface area contributed by atoms with Crippen LogP contribution in [0.2, 0.25) is 0 Å². The second kappa shape index (κ2) is 5.97. The maximum atomic E-state index is 11.0. The van der Waals surface area contributed by atoms with E-state index in [0.717, 1.165) is 12.3 Å². The van der Waals surface area contributed by atoms with E-state index in [9.17, 15) is 4.79 Å². The van der Waals surface area contributed by atoms with Crippen LogP contribution in [-0.2, 0) is 6.54 Å². The lowest BCUT2D eigenvalue weighted by atomic mass is 10.2. The molecule has 0 unspecified atom stereocenters. The zero-order chi connectivity index (χ0) is 14.7. The molecule has 21 heavy (non-hydrogen) atoms. The molecule has 0 aromatic heterocycles. The lowest BCUT2D eigenvalue weighted by Gasteiger charge is -2.08. The number of nitrogens with one attached hydrogen (secondary N) is 1. The Labute approximate surface area is 123 Å². The highest BCUT2D eigenvalue weighted by atomic mass is 16.5. The highest BCUT2D eigenvalue weighted by Gasteiger charge is 2.19. The molecule has 0 bridgehead atoms. The Morgan fingerprint density at radius 2 is 1.90 bits per heavy atom. The lowest BCUT2D eigenvalue weighted by Crippen LogP contribution is -2.15. The molecule has 1 fully saturated rings. The van der Waals surface area contributed by atoms with Crippen LogP contribution in [0.5, 0.6) is 11.5 Å². The summed E-state index contributed by atoms with van der Waals surface area (Å²) in [5, 5.41) is 3.48. The van der Waals surface area contributed by atoms with Gasteiger partial charge in [-0.3, -0.25) is 4.79 Å². The van der Waals surface area contributed by atoms with Gasteiger partial charge < -0.3 is 15.8 Å². The molecule has 2 aromatic carbocycles. The summed E-state index contributed by atoms with van der Waals surface area (Å²) in [5.74, 6) is 1.04. The summed E-state index contributed by atoms with van der Waals surface area (Å²) in [7, 11) is 0. The normalized spacial score (nSPS) is 13.9. The van der Waals surface area contributed by atoms with Crippen LogP contribution in [0.4, 0.5) is 0 Å². The van der Waals surface area contributed by atoms with Gasteiger partial charge in [0.1, 0.15) is 11.5 Å². The van der Waals surface area contributed by atoms with Crippen molar-refractivity contribution in [3.63, 3.8) is 0 Å². The number of carbonyl (C=O) groups excluding carboxylic acids is 1. The molecule has 3 N–H and O–H groups in total. The van der Waals surface area contributed by atoms with Gasteiger partial charge in [-0.05, 0) is 54.8 Å². The minimum absolute atomic E-state index is 0.435. The van der Waals surface area contributed by atoms with E-state index in [-0.39, 0.29) is 0 Å². The predicted octanol–water partition coefficient (Wildman–Crippen LogP) is 2.83. The fraction of sp³-hybridized carbons (Fsp3) is 0.235. The van der Waals surface area contributed by atoms with E-state index < -0.39 is 5.91 Å². The first-order chi connectivity index (χ1) is 10.2. The summed E-state index contributed by atoms with van der Waals surface area (Å²) in [5.41, 5.74) is 6.89. The smallest absolute Gasteiger partial charge is 0.248 e. The molecule has 0 aliphatic heterocycles. The van der Waals surface area contributed by atoms with Gasteiger partial charge >= 0.3 is 0 Å². The van der Waals surface area contributed by atoms with E-state index in [1.54, 1.807) is 24.3 Å². The Kier molecular flexibility index (Phi) is 3.88. The summed E-state index contributed by atoms with van der Waals surface area (Å²) >= 11 is 0. The van der Waals surface area contributed by atoms with E-state index >= 15 is 0 Å². The van der Waals surface area contributed by atoms with Crippen LogP contribution >= 0.6 is 0 Å². The molecule has 1 aliphatic carbocycles. The van der Waals surface area contributed by atoms with E-state index in [4.69, 9.17) is 10.5 Å². The van der Waals surface area contributed by atoms with Crippen LogP contribution in [0.25, 0.3) is 0 Å². The van der Waals surface area contributed by atoms with Crippen LogP contribution in [0.1, 0.15) is 28.8 Å². The van der Waals surface area contributed by atoms with Gasteiger partial charge in [0.05, 0.1) is 0 Å². The number of benzene rings is 2. The first kappa shape index (κ1) is 13.6. The van der Waals surface area contributed by atoms with Crippen LogP contribution < -0.4 is 15.8 Å². The number of amides is 1. The van der Waals surface area contributed by atoms with E-state index in [2.05, 4.69) is 11.4 Å². The second-order valence-electron chi connectivity index (χ2n) is 5.29. The third-order valence-electron chi connectivity index (χ3n) is 3.45. The number of rotatable bonds is 6. The fourth-order valence-electron chi connectivity index (χ4n) is 2.09. The molecule has 1 aliphatic rings. The average molecular weight is 282 g/mol. The third kappa shape index (κ3) is 3.83. The van der Waals surface area contributed by atoms with Crippen molar-refractivity contribution >= 4 is 5.91 Å². The monoisotopic (exact) mass is 282 g/mol. The fourth-order valence-corrected chi connectivity index (χ4v) is 2.09. The van der Waals surface area contributed by atoms with Crippen molar-refractivity contribution < 1.29 is 9.53 Å². The number of carbonyl (C=O) groups is 1. The molecule has 2 aromatic rings. The minimum atomic E-state index is -0.435. The molecule has 4 heteroatoms. The average Bonchev–Trinajstić information content (AvgIpc) is 3.30. The van der Waals surface area contributed by atoms with Crippen molar-refractivity contribution in [2.45, 2.75) is 25.4 Å². The molecule has 0 saturated heterocycles. The molecule has 3 rings (SSSR count). The molecule has 0 atom stereocenters. The third-order valence-corrected chi connectivity index (χ3v) is 3.45. The number of nitrogens with two attached hydrogens (primary N) is 1. The maximum Gasteiger partial charge on any atom is 0.248 e. The van der Waals surface area contributed by atoms with Gasteiger partial charge in [-0.2, -0.15) is 0 Å². The summed E-state index contributed by atoms with van der Waals surface area (Å²) in [4.78, 5) is 11.0. The van der Waals surface area contributed by atoms with Crippen LogP contribution in [0, 0.1) is 0 Å². The van der Waals surface area contributed by atoms with Crippen molar-refractivity contribution in [2.75, 3.05) is 0 Å². The molecular weight excluding hydrogens is 264 g/mol. The lowest BCUT2D eigenvalue weighted by molar-refractivity contribution is 0.100. The van der Waals surface area contributed by atoms with E-state index in [1.807, 2.05) is 18.2 Å². The highest BCUT2D eigenvalue weighted by molar-refractivity contribution is 5.92. The SMILES string of the molecule is NC(=O)c1ccc(Oc2cccc(CNC3CC3)c2)cc1. The number of hydrogen-bond acceptors (Lipinski definition) is 3. The van der Waals surface area contributed by atoms with Gasteiger partial charge in [0.25, 0.3) is 0 Å². The zero-order valence-corrected chi connectivity index (χ0v) is 11.7. The van der Waals surface area contributed by atoms with E-state index in [0.29, 0.717) is 17.4 Å². The van der Waals surface area contributed by atoms with E-state index in [1.165, 1.54) is 18.4 Å². The Morgan fingerprint density at radius 1 is 1.14 bits per heavy atom. The first-order valence-corrected chi connectivity index (χ1v) is 7.11. The Morgan fingerprint density at radius 3 is 2.57 bits per heavy atom. The minimum Gasteiger partial charge on any atom is -0.457 e. The Bertz CT molecular complexity index is 633. The summed E-state index contributed by atoms with van der Waals surface area (Å²) < 4.78 is 5.80. The quantitative estimate of drug-likeness (QED) is 0.856. The maximum absolute atomic E-state index is 11.0. The van der Waals surface area contributed by atoms with Crippen LogP contribution in [-0.4, -0.2) is 11.9 Å². The van der Waals surface area contributed by atoms with Crippen molar-refractivity contribution in [2.24, 2.45) is 5.73 Å². The molecule has 4 nitrogen and oxygen atoms in total. The van der Waals surface area contributed by atoms with Crippen molar-refractivity contribution in [1.29, 1.82) is 0 Å². The van der Waals surface area contributed by atoms with Crippen molar-refractivity contribution in [1.82, 2.24) is 5.32 Å². The topological polar surface area (TPSA) is 64.4 Å². The number of hydrogen-bond donors (Lipinski definition) is 2. The van der Waals surface area contributed by atoms with Crippen LogP contribution in [0.15, 0.2) is 48.5 Å². The predicted molar refractivity (Wildman–Crippen MR) is 81.3 cm³/mol. The highest BCUT2D eigenvalue weighted by Crippen LogP contribution is 2.24. The molecule has 0 heterocycles. The molecule has 0 spiro atoms. The van der Waals surface area contributed by atoms with Gasteiger partial charge in [-0.1, -0.05) is 12.1 Å². The van der Waals surface area contributed by atoms with Gasteiger partial charge in [-0.25, -0.2) is 0 Å². The van der Waals surface area contributed by atoms with Crippen LogP contribution in [0.3, 0.4) is 0 Å². The summed E-state index contributed by atoms with van der Waals surface area (Å²) in [6.45, 7) is 0.864. The molecule has 1 saturated carbocycles. The van der Waals surface area contributed by atoms with Gasteiger partial charge in [0, 0.05) is 18.2 Å². The summed E-state index contributed by atoms with van der Waals surface area (Å²) in [6.07, 6.45) is 2.56. The standard InChI is InChI=1S/C17H18N2O2/c18-17(20)13-4-8-15(9-5-13)21-16-3-1-2-12(10-16)11-19-14-6-7-14/h1-5,8-10,14,19H,6-7,11H2,(H2,18,20). The Balaban J connectivity index is 1.65.